The van der Waals surface area contributed by atoms with Crippen LogP contribution in [0.25, 0.3) is 0 Å². The average molecular weight is 181 g/mol. The molecular formula is C10H15NO2. The Bertz CT molecular complexity index is 219. The third-order valence-corrected chi connectivity index (χ3v) is 2.39. The lowest BCUT2D eigenvalue weighted by molar-refractivity contribution is -0.132. The van der Waals surface area contributed by atoms with E-state index in [1.165, 1.54) is 0 Å². The Labute approximate surface area is 78.7 Å². The van der Waals surface area contributed by atoms with Crippen molar-refractivity contribution in [1.82, 2.24) is 4.90 Å². The first kappa shape index (κ1) is 10.1. The van der Waals surface area contributed by atoms with Gasteiger partial charge in [-0.05, 0) is 12.8 Å². The highest BCUT2D eigenvalue weighted by Crippen LogP contribution is 2.17. The standard InChI is InChI=1S/C10H15NO2/c1-2-3-6-10(13)11-7-4-5-9(11)8-12/h1,9,12H,3-8H2. The molecule has 13 heavy (non-hydrogen) atoms. The van der Waals surface area contributed by atoms with E-state index in [2.05, 4.69) is 5.92 Å². The van der Waals surface area contributed by atoms with Crippen LogP contribution in [0.5, 0.6) is 0 Å². The SMILES string of the molecule is C#CCCC(=O)N1CCCC1CO. The number of likely N-dealkylation sites (tertiary alicyclic amines) is 1. The van der Waals surface area contributed by atoms with E-state index >= 15 is 0 Å². The topological polar surface area (TPSA) is 40.5 Å². The zero-order valence-corrected chi connectivity index (χ0v) is 7.70. The van der Waals surface area contributed by atoms with Crippen molar-refractivity contribution in [2.75, 3.05) is 13.2 Å². The number of aliphatic hydroxyl groups excluding tert-OH is 1. The van der Waals surface area contributed by atoms with Gasteiger partial charge in [-0.2, -0.15) is 0 Å². The maximum absolute atomic E-state index is 11.5. The molecule has 1 rings (SSSR count). The van der Waals surface area contributed by atoms with Gasteiger partial charge in [0.1, 0.15) is 0 Å². The van der Waals surface area contributed by atoms with Crippen molar-refractivity contribution >= 4 is 5.91 Å². The smallest absolute Gasteiger partial charge is 0.223 e. The zero-order chi connectivity index (χ0) is 9.68. The van der Waals surface area contributed by atoms with Gasteiger partial charge in [0.15, 0.2) is 0 Å². The largest absolute Gasteiger partial charge is 0.394 e. The molecule has 1 atom stereocenters. The Kier molecular flexibility index (Phi) is 3.78. The van der Waals surface area contributed by atoms with Crippen LogP contribution in [0.3, 0.4) is 0 Å². The van der Waals surface area contributed by atoms with E-state index < -0.39 is 0 Å². The summed E-state index contributed by atoms with van der Waals surface area (Å²) in [7, 11) is 0. The van der Waals surface area contributed by atoms with Crippen LogP contribution in [0.15, 0.2) is 0 Å². The van der Waals surface area contributed by atoms with Gasteiger partial charge in [0.2, 0.25) is 5.91 Å². The predicted octanol–water partition coefficient (Wildman–Crippen LogP) is 0.383. The summed E-state index contributed by atoms with van der Waals surface area (Å²) in [5.41, 5.74) is 0. The number of terminal acetylenes is 1. The molecule has 0 aromatic rings. The number of hydrogen-bond donors (Lipinski definition) is 1. The lowest BCUT2D eigenvalue weighted by atomic mass is 10.2. The van der Waals surface area contributed by atoms with E-state index in [0.717, 1.165) is 19.4 Å². The third kappa shape index (κ3) is 2.46. The van der Waals surface area contributed by atoms with Crippen molar-refractivity contribution in [1.29, 1.82) is 0 Å². The summed E-state index contributed by atoms with van der Waals surface area (Å²) in [5, 5.41) is 8.98. The predicted molar refractivity (Wildman–Crippen MR) is 49.9 cm³/mol. The first-order chi connectivity index (χ1) is 6.29. The maximum Gasteiger partial charge on any atom is 0.223 e. The molecule has 72 valence electrons. The fourth-order valence-corrected chi connectivity index (χ4v) is 1.68. The van der Waals surface area contributed by atoms with E-state index in [1.54, 1.807) is 4.90 Å². The molecule has 3 nitrogen and oxygen atoms in total. The van der Waals surface area contributed by atoms with Gasteiger partial charge in [-0.25, -0.2) is 0 Å². The van der Waals surface area contributed by atoms with Crippen molar-refractivity contribution in [3.8, 4) is 12.3 Å². The van der Waals surface area contributed by atoms with Gasteiger partial charge < -0.3 is 10.0 Å². The van der Waals surface area contributed by atoms with Gasteiger partial charge in [0.25, 0.3) is 0 Å². The quantitative estimate of drug-likeness (QED) is 0.639. The van der Waals surface area contributed by atoms with Crippen LogP contribution >= 0.6 is 0 Å². The molecule has 1 amide bonds. The second-order valence-electron chi connectivity index (χ2n) is 3.27. The van der Waals surface area contributed by atoms with Crippen molar-refractivity contribution in [3.05, 3.63) is 0 Å². The summed E-state index contributed by atoms with van der Waals surface area (Å²) in [5.74, 6) is 2.52. The molecule has 0 aliphatic carbocycles. The number of nitrogens with zero attached hydrogens (tertiary/aromatic N) is 1. The Morgan fingerprint density at radius 1 is 1.69 bits per heavy atom. The monoisotopic (exact) mass is 181 g/mol. The van der Waals surface area contributed by atoms with E-state index in [0.29, 0.717) is 12.8 Å². The van der Waals surface area contributed by atoms with E-state index in [4.69, 9.17) is 11.5 Å². The minimum Gasteiger partial charge on any atom is -0.394 e. The van der Waals surface area contributed by atoms with Gasteiger partial charge >= 0.3 is 0 Å². The number of rotatable bonds is 3. The summed E-state index contributed by atoms with van der Waals surface area (Å²) >= 11 is 0. The third-order valence-electron chi connectivity index (χ3n) is 2.39. The Morgan fingerprint density at radius 3 is 3.08 bits per heavy atom. The molecular weight excluding hydrogens is 166 g/mol. The van der Waals surface area contributed by atoms with Crippen LogP contribution in [-0.2, 0) is 4.79 Å². The molecule has 1 aliphatic heterocycles. The van der Waals surface area contributed by atoms with Crippen LogP contribution in [-0.4, -0.2) is 35.1 Å². The highest BCUT2D eigenvalue weighted by molar-refractivity contribution is 5.77. The van der Waals surface area contributed by atoms with E-state index in [9.17, 15) is 4.79 Å². The summed E-state index contributed by atoms with van der Waals surface area (Å²) in [6, 6.07) is 0.0327. The second-order valence-corrected chi connectivity index (χ2v) is 3.27. The number of carbonyl (C=O) groups is 1. The molecule has 1 fully saturated rings. The highest BCUT2D eigenvalue weighted by atomic mass is 16.3. The number of carbonyl (C=O) groups excluding carboxylic acids is 1. The lowest BCUT2D eigenvalue weighted by Gasteiger charge is -2.22. The molecule has 1 heterocycles. The number of aliphatic hydroxyl groups is 1. The molecule has 1 saturated heterocycles. The van der Waals surface area contributed by atoms with Crippen LogP contribution in [0.2, 0.25) is 0 Å². The summed E-state index contributed by atoms with van der Waals surface area (Å²) in [6.45, 7) is 0.844. The summed E-state index contributed by atoms with van der Waals surface area (Å²) < 4.78 is 0. The molecule has 0 spiro atoms. The van der Waals surface area contributed by atoms with Crippen LogP contribution in [0, 0.1) is 12.3 Å². The molecule has 0 aromatic heterocycles. The minimum absolute atomic E-state index is 0.0327. The van der Waals surface area contributed by atoms with E-state index in [-0.39, 0.29) is 18.6 Å². The van der Waals surface area contributed by atoms with Gasteiger partial charge in [-0.3, -0.25) is 4.79 Å². The molecule has 1 unspecified atom stereocenters. The van der Waals surface area contributed by atoms with Gasteiger partial charge in [-0.1, -0.05) is 0 Å². The fourth-order valence-electron chi connectivity index (χ4n) is 1.68. The van der Waals surface area contributed by atoms with Crippen LogP contribution in [0.4, 0.5) is 0 Å². The molecule has 0 saturated carbocycles. The van der Waals surface area contributed by atoms with Crippen molar-refractivity contribution in [3.63, 3.8) is 0 Å². The number of amides is 1. The van der Waals surface area contributed by atoms with Gasteiger partial charge in [0, 0.05) is 19.4 Å². The Morgan fingerprint density at radius 2 is 2.46 bits per heavy atom. The second kappa shape index (κ2) is 4.88. The Hall–Kier alpha value is -1.01. The first-order valence-electron chi connectivity index (χ1n) is 4.63. The zero-order valence-electron chi connectivity index (χ0n) is 7.70. The van der Waals surface area contributed by atoms with Crippen molar-refractivity contribution < 1.29 is 9.90 Å². The van der Waals surface area contributed by atoms with Gasteiger partial charge in [0.05, 0.1) is 12.6 Å². The molecule has 0 radical (unpaired) electrons. The van der Waals surface area contributed by atoms with Crippen molar-refractivity contribution in [2.24, 2.45) is 0 Å². The summed E-state index contributed by atoms with van der Waals surface area (Å²) in [4.78, 5) is 13.2. The van der Waals surface area contributed by atoms with E-state index in [1.807, 2.05) is 0 Å². The Balaban J connectivity index is 2.41. The highest BCUT2D eigenvalue weighted by Gasteiger charge is 2.27. The van der Waals surface area contributed by atoms with Crippen LogP contribution < -0.4 is 0 Å². The molecule has 3 heteroatoms. The molecule has 1 aliphatic rings. The molecule has 0 bridgehead atoms. The van der Waals surface area contributed by atoms with Crippen LogP contribution in [0.1, 0.15) is 25.7 Å². The van der Waals surface area contributed by atoms with Crippen molar-refractivity contribution in [2.45, 2.75) is 31.7 Å². The summed E-state index contributed by atoms with van der Waals surface area (Å²) in [6.07, 6.45) is 7.88. The normalized spacial score (nSPS) is 21.5. The molecule has 1 N–H and O–H groups in total. The number of hydrogen-bond acceptors (Lipinski definition) is 2. The van der Waals surface area contributed by atoms with Gasteiger partial charge in [-0.15, -0.1) is 12.3 Å². The maximum atomic E-state index is 11.5. The first-order valence-corrected chi connectivity index (χ1v) is 4.63. The molecule has 0 aromatic carbocycles. The average Bonchev–Trinajstić information content (AvgIpc) is 2.61. The lowest BCUT2D eigenvalue weighted by Crippen LogP contribution is -2.37. The minimum atomic E-state index is 0.0327. The fraction of sp³-hybridized carbons (Fsp3) is 0.700.